The van der Waals surface area contributed by atoms with Crippen molar-refractivity contribution in [2.45, 2.75) is 13.3 Å². The Morgan fingerprint density at radius 1 is 1.08 bits per heavy atom. The van der Waals surface area contributed by atoms with Gasteiger partial charge in [-0.2, -0.15) is 0 Å². The second kappa shape index (κ2) is 9.32. The van der Waals surface area contributed by atoms with Crippen LogP contribution < -0.4 is 15.4 Å². The molecule has 0 saturated carbocycles. The van der Waals surface area contributed by atoms with E-state index in [2.05, 4.69) is 17.6 Å². The number of para-hydroxylation sites is 1. The molecule has 0 heterocycles. The van der Waals surface area contributed by atoms with Gasteiger partial charge < -0.3 is 20.1 Å². The Balaban J connectivity index is 1.80. The highest BCUT2D eigenvalue weighted by molar-refractivity contribution is 6.00. The number of amides is 2. The number of ether oxygens (including phenoxy) is 2. The largest absolute Gasteiger partial charge is 0.492 e. The van der Waals surface area contributed by atoms with Gasteiger partial charge in [0.1, 0.15) is 12.4 Å². The maximum Gasteiger partial charge on any atom is 0.339 e. The number of aryl methyl sites for hydroxylation is 1. The van der Waals surface area contributed by atoms with Crippen molar-refractivity contribution in [2.75, 3.05) is 25.6 Å². The van der Waals surface area contributed by atoms with E-state index in [1.54, 1.807) is 24.3 Å². The summed E-state index contributed by atoms with van der Waals surface area (Å²) in [6.07, 6.45) is 0.942. The molecule has 0 saturated heterocycles. The summed E-state index contributed by atoms with van der Waals surface area (Å²) in [6.45, 7) is 2.76. The maximum atomic E-state index is 12.0. The fourth-order valence-corrected chi connectivity index (χ4v) is 2.24. The molecule has 0 aliphatic heterocycles. The third-order valence-electron chi connectivity index (χ3n) is 3.54. The molecule has 0 atom stereocenters. The summed E-state index contributed by atoms with van der Waals surface area (Å²) in [5.74, 6) is 0.271. The Morgan fingerprint density at radius 2 is 1.88 bits per heavy atom. The standard InChI is InChI=1S/C19H22N2O4/c1-3-14-7-6-8-15(13-14)25-12-11-20-19(23)21-17-10-5-4-9-16(17)18(22)24-2/h4-10,13H,3,11-12H2,1-2H3,(H2,20,21,23). The van der Waals surface area contributed by atoms with Crippen molar-refractivity contribution in [1.29, 1.82) is 0 Å². The van der Waals surface area contributed by atoms with Crippen LogP contribution in [-0.2, 0) is 11.2 Å². The van der Waals surface area contributed by atoms with Crippen molar-refractivity contribution in [3.05, 3.63) is 59.7 Å². The molecule has 6 heteroatoms. The molecular formula is C19H22N2O4. The Labute approximate surface area is 147 Å². The van der Waals surface area contributed by atoms with E-state index in [4.69, 9.17) is 9.47 Å². The van der Waals surface area contributed by atoms with Crippen LogP contribution in [0.25, 0.3) is 0 Å². The fraction of sp³-hybridized carbons (Fsp3) is 0.263. The van der Waals surface area contributed by atoms with E-state index in [0.29, 0.717) is 24.4 Å². The Hall–Kier alpha value is -3.02. The zero-order valence-electron chi connectivity index (χ0n) is 14.4. The Morgan fingerprint density at radius 3 is 2.64 bits per heavy atom. The monoisotopic (exact) mass is 342 g/mol. The number of hydrogen-bond acceptors (Lipinski definition) is 4. The van der Waals surface area contributed by atoms with Crippen LogP contribution in [0.5, 0.6) is 5.75 Å². The lowest BCUT2D eigenvalue weighted by molar-refractivity contribution is 0.0602. The molecule has 2 aromatic carbocycles. The van der Waals surface area contributed by atoms with Crippen LogP contribution in [0.4, 0.5) is 10.5 Å². The second-order valence-corrected chi connectivity index (χ2v) is 5.27. The highest BCUT2D eigenvalue weighted by Crippen LogP contribution is 2.16. The van der Waals surface area contributed by atoms with Gasteiger partial charge in [0.15, 0.2) is 0 Å². The van der Waals surface area contributed by atoms with Crippen molar-refractivity contribution in [3.63, 3.8) is 0 Å². The van der Waals surface area contributed by atoms with Crippen LogP contribution in [0, 0.1) is 0 Å². The fourth-order valence-electron chi connectivity index (χ4n) is 2.24. The first-order chi connectivity index (χ1) is 12.1. The third-order valence-corrected chi connectivity index (χ3v) is 3.54. The summed E-state index contributed by atoms with van der Waals surface area (Å²) in [6, 6.07) is 14.1. The van der Waals surface area contributed by atoms with E-state index >= 15 is 0 Å². The van der Waals surface area contributed by atoms with Gasteiger partial charge in [-0.1, -0.05) is 31.2 Å². The number of rotatable bonds is 7. The van der Waals surface area contributed by atoms with Gasteiger partial charge in [0, 0.05) is 0 Å². The van der Waals surface area contributed by atoms with Crippen LogP contribution in [0.2, 0.25) is 0 Å². The van der Waals surface area contributed by atoms with Gasteiger partial charge >= 0.3 is 12.0 Å². The predicted molar refractivity (Wildman–Crippen MR) is 96.1 cm³/mol. The number of carbonyl (C=O) groups excluding carboxylic acids is 2. The SMILES string of the molecule is CCc1cccc(OCCNC(=O)Nc2ccccc2C(=O)OC)c1. The minimum absolute atomic E-state index is 0.299. The van der Waals surface area contributed by atoms with E-state index in [-0.39, 0.29) is 0 Å². The molecule has 0 bridgehead atoms. The number of carbonyl (C=O) groups is 2. The number of hydrogen-bond donors (Lipinski definition) is 2. The molecule has 2 rings (SSSR count). The van der Waals surface area contributed by atoms with Crippen LogP contribution in [0.3, 0.4) is 0 Å². The summed E-state index contributed by atoms with van der Waals surface area (Å²) >= 11 is 0. The van der Waals surface area contributed by atoms with Crippen molar-refractivity contribution < 1.29 is 19.1 Å². The first-order valence-corrected chi connectivity index (χ1v) is 8.08. The molecule has 0 unspecified atom stereocenters. The summed E-state index contributed by atoms with van der Waals surface area (Å²) in [5.41, 5.74) is 1.89. The van der Waals surface area contributed by atoms with Crippen LogP contribution >= 0.6 is 0 Å². The molecule has 2 aromatic rings. The first-order valence-electron chi connectivity index (χ1n) is 8.08. The van der Waals surface area contributed by atoms with Gasteiger partial charge in [-0.05, 0) is 36.2 Å². The number of nitrogens with one attached hydrogen (secondary N) is 2. The van der Waals surface area contributed by atoms with Crippen molar-refractivity contribution in [3.8, 4) is 5.75 Å². The van der Waals surface area contributed by atoms with Gasteiger partial charge in [0.2, 0.25) is 0 Å². The minimum Gasteiger partial charge on any atom is -0.492 e. The molecule has 132 valence electrons. The lowest BCUT2D eigenvalue weighted by Gasteiger charge is -2.11. The maximum absolute atomic E-state index is 12.0. The molecule has 2 amide bonds. The molecule has 0 spiro atoms. The summed E-state index contributed by atoms with van der Waals surface area (Å²) in [4.78, 5) is 23.6. The highest BCUT2D eigenvalue weighted by atomic mass is 16.5. The Kier molecular flexibility index (Phi) is 6.83. The topological polar surface area (TPSA) is 76.7 Å². The normalized spacial score (nSPS) is 10.0. The van der Waals surface area contributed by atoms with Gasteiger partial charge in [0.25, 0.3) is 0 Å². The molecule has 2 N–H and O–H groups in total. The molecule has 0 fully saturated rings. The van der Waals surface area contributed by atoms with Crippen molar-refractivity contribution in [2.24, 2.45) is 0 Å². The molecule has 25 heavy (non-hydrogen) atoms. The van der Waals surface area contributed by atoms with Gasteiger partial charge in [-0.3, -0.25) is 0 Å². The second-order valence-electron chi connectivity index (χ2n) is 5.27. The molecule has 0 radical (unpaired) electrons. The molecule has 0 aliphatic rings. The van der Waals surface area contributed by atoms with Crippen molar-refractivity contribution >= 4 is 17.7 Å². The smallest absolute Gasteiger partial charge is 0.339 e. The summed E-state index contributed by atoms with van der Waals surface area (Å²) < 4.78 is 10.3. The number of benzene rings is 2. The zero-order valence-corrected chi connectivity index (χ0v) is 14.4. The molecular weight excluding hydrogens is 320 g/mol. The molecule has 0 aliphatic carbocycles. The lowest BCUT2D eigenvalue weighted by atomic mass is 10.2. The summed E-state index contributed by atoms with van der Waals surface area (Å²) in [7, 11) is 1.30. The lowest BCUT2D eigenvalue weighted by Crippen LogP contribution is -2.32. The number of anilines is 1. The number of methoxy groups -OCH3 is 1. The summed E-state index contributed by atoms with van der Waals surface area (Å²) in [5, 5.41) is 5.32. The van der Waals surface area contributed by atoms with Gasteiger partial charge in [-0.25, -0.2) is 9.59 Å². The van der Waals surface area contributed by atoms with E-state index < -0.39 is 12.0 Å². The average molecular weight is 342 g/mol. The zero-order chi connectivity index (χ0) is 18.1. The van der Waals surface area contributed by atoms with E-state index in [0.717, 1.165) is 12.2 Å². The van der Waals surface area contributed by atoms with Gasteiger partial charge in [0.05, 0.1) is 24.9 Å². The van der Waals surface area contributed by atoms with Crippen LogP contribution in [0.15, 0.2) is 48.5 Å². The first kappa shape index (κ1) is 18.3. The minimum atomic E-state index is -0.505. The van der Waals surface area contributed by atoms with E-state index in [1.807, 2.05) is 24.3 Å². The average Bonchev–Trinajstić information content (AvgIpc) is 2.65. The molecule has 0 aromatic heterocycles. The van der Waals surface area contributed by atoms with Crippen molar-refractivity contribution in [1.82, 2.24) is 5.32 Å². The van der Waals surface area contributed by atoms with E-state index in [1.165, 1.54) is 12.7 Å². The van der Waals surface area contributed by atoms with Gasteiger partial charge in [-0.15, -0.1) is 0 Å². The highest BCUT2D eigenvalue weighted by Gasteiger charge is 2.12. The number of esters is 1. The quantitative estimate of drug-likeness (QED) is 0.598. The number of urea groups is 1. The van der Waals surface area contributed by atoms with Crippen LogP contribution in [-0.4, -0.2) is 32.3 Å². The molecule has 6 nitrogen and oxygen atoms in total. The van der Waals surface area contributed by atoms with E-state index in [9.17, 15) is 9.59 Å². The Bertz CT molecular complexity index is 731. The predicted octanol–water partition coefficient (Wildman–Crippen LogP) is 3.24. The third kappa shape index (κ3) is 5.53. The van der Waals surface area contributed by atoms with Crippen LogP contribution in [0.1, 0.15) is 22.8 Å².